The Morgan fingerprint density at radius 3 is 2.00 bits per heavy atom. The first kappa shape index (κ1) is 6.81. The Morgan fingerprint density at radius 2 is 1.89 bits per heavy atom. The highest BCUT2D eigenvalue weighted by Gasteiger charge is 2.21. The topological polar surface area (TPSA) is 24.7 Å². The van der Waals surface area contributed by atoms with Crippen LogP contribution in [0.25, 0.3) is 0 Å². The van der Waals surface area contributed by atoms with E-state index in [-0.39, 0.29) is 0 Å². The molecule has 0 aromatic heterocycles. The average molecular weight is 144 g/mol. The van der Waals surface area contributed by atoms with Crippen molar-refractivity contribution >= 4 is 21.1 Å². The minimum absolute atomic E-state index is 0.329. The van der Waals surface area contributed by atoms with Gasteiger partial charge in [0.1, 0.15) is 0 Å². The molecule has 0 aromatic rings. The van der Waals surface area contributed by atoms with E-state index in [1.165, 1.54) is 0 Å². The van der Waals surface area contributed by atoms with Crippen molar-refractivity contribution in [2.24, 2.45) is 9.63 Å². The van der Waals surface area contributed by atoms with E-state index in [0.29, 0.717) is 11.3 Å². The maximum absolute atomic E-state index is 4.02. The van der Waals surface area contributed by atoms with Crippen LogP contribution in [0.3, 0.4) is 0 Å². The third-order valence-corrected chi connectivity index (χ3v) is 3.96. The second-order valence-corrected chi connectivity index (χ2v) is 5.25. The molecule has 1 aliphatic heterocycles. The van der Waals surface area contributed by atoms with Crippen LogP contribution in [0, 0.1) is 0 Å². The number of nitrogens with zero attached hydrogens (tertiary/aromatic N) is 2. The summed E-state index contributed by atoms with van der Waals surface area (Å²) in [6.45, 7) is 4.17. The summed E-state index contributed by atoms with van der Waals surface area (Å²) in [5.74, 6) is 7.83. The molecule has 0 spiro atoms. The maximum Gasteiger partial charge on any atom is 0.0814 e. The third kappa shape index (κ3) is 1.01. The van der Waals surface area contributed by atoms with Crippen molar-refractivity contribution in [2.75, 3.05) is 0 Å². The van der Waals surface area contributed by atoms with E-state index >= 15 is 0 Å². The second-order valence-electron chi connectivity index (χ2n) is 2.54. The summed E-state index contributed by atoms with van der Waals surface area (Å²) >= 11 is 0. The molecule has 2 nitrogen and oxygen atoms in total. The molecule has 3 heteroatoms. The van der Waals surface area contributed by atoms with Gasteiger partial charge in [0.15, 0.2) is 0 Å². The largest absolute Gasteiger partial charge is 0.179 e. The molecule has 0 N–H and O–H groups in total. The maximum atomic E-state index is 4.02. The molecule has 1 rings (SSSR count). The van der Waals surface area contributed by atoms with Crippen LogP contribution in [-0.2, 0) is 0 Å². The molecule has 1 heterocycles. The minimum atomic E-state index is -1.22. The predicted octanol–water partition coefficient (Wildman–Crippen LogP) is 1.81. The molecule has 0 amide bonds. The van der Waals surface area contributed by atoms with E-state index in [9.17, 15) is 0 Å². The van der Waals surface area contributed by atoms with E-state index in [2.05, 4.69) is 35.2 Å². The number of hydrogen-bond acceptors (Lipinski definition) is 2. The van der Waals surface area contributed by atoms with E-state index in [1.54, 1.807) is 0 Å². The Hall–Kier alpha value is -0.310. The van der Waals surface area contributed by atoms with Gasteiger partial charge < -0.3 is 0 Å². The van der Waals surface area contributed by atoms with Gasteiger partial charge >= 0.3 is 0 Å². The summed E-state index contributed by atoms with van der Waals surface area (Å²) in [5, 5.41) is 4.46. The first-order valence-electron chi connectivity index (χ1n) is 2.94. The molecule has 52 valence electrons. The van der Waals surface area contributed by atoms with Crippen LogP contribution in [0.1, 0.15) is 13.8 Å². The molecule has 0 unspecified atom stereocenters. The molecule has 0 aliphatic carbocycles. The van der Waals surface area contributed by atoms with Gasteiger partial charge in [-0.1, -0.05) is 28.1 Å². The van der Waals surface area contributed by atoms with Crippen molar-refractivity contribution in [1.29, 1.82) is 0 Å². The van der Waals surface area contributed by atoms with Crippen LogP contribution >= 0.6 is 9.39 Å². The molecular formula is C6H12N2S. The SMILES string of the molecule is C=S1(=C)N=N[C@H](C)[C@@H]1C. The highest BCUT2D eigenvalue weighted by atomic mass is 32.2. The Balaban J connectivity index is 3.01. The Morgan fingerprint density at radius 1 is 1.33 bits per heavy atom. The third-order valence-electron chi connectivity index (χ3n) is 1.76. The van der Waals surface area contributed by atoms with E-state index in [4.69, 9.17) is 0 Å². The van der Waals surface area contributed by atoms with Crippen LogP contribution < -0.4 is 0 Å². The molecule has 1 aliphatic rings. The molecular weight excluding hydrogens is 132 g/mol. The molecule has 0 saturated heterocycles. The molecule has 0 aromatic carbocycles. The number of rotatable bonds is 0. The van der Waals surface area contributed by atoms with Crippen LogP contribution in [0.4, 0.5) is 0 Å². The smallest absolute Gasteiger partial charge is 0.0814 e. The summed E-state index contributed by atoms with van der Waals surface area (Å²) < 4.78 is 4.02. The summed E-state index contributed by atoms with van der Waals surface area (Å²) in [5.41, 5.74) is 0. The van der Waals surface area contributed by atoms with Gasteiger partial charge in [-0.05, 0) is 6.92 Å². The van der Waals surface area contributed by atoms with Gasteiger partial charge in [0.25, 0.3) is 0 Å². The second kappa shape index (κ2) is 1.84. The van der Waals surface area contributed by atoms with Crippen molar-refractivity contribution in [3.63, 3.8) is 0 Å². The molecule has 2 atom stereocenters. The van der Waals surface area contributed by atoms with E-state index in [0.717, 1.165) is 0 Å². The zero-order valence-corrected chi connectivity index (χ0v) is 6.69. The average Bonchev–Trinajstić information content (AvgIpc) is 1.97. The first-order chi connectivity index (χ1) is 4.04. The van der Waals surface area contributed by atoms with Crippen molar-refractivity contribution < 1.29 is 0 Å². The molecule has 0 fully saturated rings. The Bertz CT molecular complexity index is 225. The van der Waals surface area contributed by atoms with Crippen LogP contribution in [-0.4, -0.2) is 23.0 Å². The summed E-state index contributed by atoms with van der Waals surface area (Å²) in [4.78, 5) is 0. The van der Waals surface area contributed by atoms with Crippen molar-refractivity contribution in [1.82, 2.24) is 0 Å². The summed E-state index contributed by atoms with van der Waals surface area (Å²) in [7, 11) is -1.22. The van der Waals surface area contributed by atoms with Gasteiger partial charge in [-0.15, -0.1) is 4.52 Å². The number of hydrogen-bond donors (Lipinski definition) is 0. The van der Waals surface area contributed by atoms with Crippen LogP contribution in [0.2, 0.25) is 0 Å². The standard InChI is InChI=1S/C6H12N2S/c1-5-6(2)9(3,4)8-7-5/h5-6H,3-4H2,1-2H3/t5-,6+/m1/s1. The lowest BCUT2D eigenvalue weighted by Gasteiger charge is -2.10. The lowest BCUT2D eigenvalue weighted by atomic mass is 10.3. The van der Waals surface area contributed by atoms with Gasteiger partial charge in [0.05, 0.1) is 6.04 Å². The fourth-order valence-electron chi connectivity index (χ4n) is 0.703. The van der Waals surface area contributed by atoms with Gasteiger partial charge in [0.2, 0.25) is 0 Å². The highest BCUT2D eigenvalue weighted by Crippen LogP contribution is 2.37. The first-order valence-corrected chi connectivity index (χ1v) is 4.93. The lowest BCUT2D eigenvalue weighted by molar-refractivity contribution is 0.730. The fourth-order valence-corrected chi connectivity index (χ4v) is 1.98. The van der Waals surface area contributed by atoms with Crippen LogP contribution in [0.15, 0.2) is 9.63 Å². The van der Waals surface area contributed by atoms with Crippen molar-refractivity contribution in [2.45, 2.75) is 25.1 Å². The molecule has 0 bridgehead atoms. The van der Waals surface area contributed by atoms with E-state index in [1.807, 2.05) is 0 Å². The van der Waals surface area contributed by atoms with Gasteiger partial charge in [-0.2, -0.15) is 5.11 Å². The zero-order valence-electron chi connectivity index (χ0n) is 5.87. The molecule has 0 radical (unpaired) electrons. The van der Waals surface area contributed by atoms with E-state index < -0.39 is 9.39 Å². The van der Waals surface area contributed by atoms with Crippen molar-refractivity contribution in [3.8, 4) is 0 Å². The lowest BCUT2D eigenvalue weighted by Crippen LogP contribution is -2.10. The van der Waals surface area contributed by atoms with Crippen molar-refractivity contribution in [3.05, 3.63) is 0 Å². The summed E-state index contributed by atoms with van der Waals surface area (Å²) in [6.07, 6.45) is 0. The molecule has 9 heavy (non-hydrogen) atoms. The van der Waals surface area contributed by atoms with Gasteiger partial charge in [0, 0.05) is 5.25 Å². The normalized spacial score (nSPS) is 39.3. The Labute approximate surface area is 56.6 Å². The quantitative estimate of drug-likeness (QED) is 0.463. The Kier molecular flexibility index (Phi) is 1.39. The zero-order chi connectivity index (χ0) is 7.07. The molecule has 0 saturated carbocycles. The monoisotopic (exact) mass is 144 g/mol. The predicted molar refractivity (Wildman–Crippen MR) is 45.6 cm³/mol. The highest BCUT2D eigenvalue weighted by molar-refractivity contribution is 8.27. The van der Waals surface area contributed by atoms with Crippen LogP contribution in [0.5, 0.6) is 0 Å². The van der Waals surface area contributed by atoms with Gasteiger partial charge in [-0.25, -0.2) is 0 Å². The fraction of sp³-hybridized carbons (Fsp3) is 0.667. The minimum Gasteiger partial charge on any atom is -0.179 e. The summed E-state index contributed by atoms with van der Waals surface area (Å²) in [6, 6.07) is 0.329. The van der Waals surface area contributed by atoms with Gasteiger partial charge in [-0.3, -0.25) is 0 Å².